The maximum atomic E-state index is 4.15. The predicted molar refractivity (Wildman–Crippen MR) is 127 cm³/mol. The quantitative estimate of drug-likeness (QED) is 0.446. The first-order valence-corrected chi connectivity index (χ1v) is 10.1. The zero-order chi connectivity index (χ0) is 20.8. The lowest BCUT2D eigenvalue weighted by molar-refractivity contribution is 1.23. The zero-order valence-corrected chi connectivity index (χ0v) is 17.9. The molecule has 0 saturated carbocycles. The van der Waals surface area contributed by atoms with Crippen molar-refractivity contribution in [1.29, 1.82) is 0 Å². The molecule has 0 amide bonds. The molecule has 0 aliphatic heterocycles. The molecule has 146 valence electrons. The summed E-state index contributed by atoms with van der Waals surface area (Å²) in [6, 6.07) is 10.8. The lowest BCUT2D eigenvalue weighted by atomic mass is 9.92. The van der Waals surface area contributed by atoms with Crippen molar-refractivity contribution >= 4 is 11.1 Å². The molecule has 1 heteroatoms. The highest BCUT2D eigenvalue weighted by atomic mass is 14.6. The van der Waals surface area contributed by atoms with Gasteiger partial charge in [0.15, 0.2) is 0 Å². The molecule has 28 heavy (non-hydrogen) atoms. The van der Waals surface area contributed by atoms with E-state index in [2.05, 4.69) is 74.0 Å². The van der Waals surface area contributed by atoms with Gasteiger partial charge in [-0.05, 0) is 84.0 Å². The number of hydrogen-bond acceptors (Lipinski definition) is 1. The third-order valence-electron chi connectivity index (χ3n) is 4.03. The number of allylic oxidation sites excluding steroid dienone is 9. The van der Waals surface area contributed by atoms with Crippen molar-refractivity contribution in [3.8, 4) is 11.1 Å². The molecule has 0 bridgehead atoms. The summed E-state index contributed by atoms with van der Waals surface area (Å²) in [5.41, 5.74) is 7.14. The second-order valence-corrected chi connectivity index (χ2v) is 5.96. The van der Waals surface area contributed by atoms with Crippen LogP contribution in [0.5, 0.6) is 0 Å². The minimum atomic E-state index is 0.999. The first-order chi connectivity index (χ1) is 13.7. The van der Waals surface area contributed by atoms with Gasteiger partial charge in [-0.1, -0.05) is 69.9 Å². The van der Waals surface area contributed by atoms with E-state index in [-0.39, 0.29) is 0 Å². The molecule has 1 heterocycles. The largest absolute Gasteiger partial charge is 0.265 e. The van der Waals surface area contributed by atoms with E-state index >= 15 is 0 Å². The highest BCUT2D eigenvalue weighted by molar-refractivity contribution is 5.84. The van der Waals surface area contributed by atoms with Gasteiger partial charge in [-0.3, -0.25) is 4.98 Å². The van der Waals surface area contributed by atoms with Gasteiger partial charge in [-0.25, -0.2) is 0 Å². The van der Waals surface area contributed by atoms with Crippen LogP contribution in [0.1, 0.15) is 52.2 Å². The molecule has 1 aromatic heterocycles. The van der Waals surface area contributed by atoms with Crippen LogP contribution in [-0.2, 0) is 0 Å². The Balaban J connectivity index is 0.00000190. The van der Waals surface area contributed by atoms with Gasteiger partial charge < -0.3 is 0 Å². The van der Waals surface area contributed by atoms with E-state index in [1.807, 2.05) is 57.4 Å². The van der Waals surface area contributed by atoms with Crippen molar-refractivity contribution in [2.24, 2.45) is 0 Å². The fourth-order valence-corrected chi connectivity index (χ4v) is 2.91. The van der Waals surface area contributed by atoms with Crippen LogP contribution in [0, 0.1) is 0 Å². The van der Waals surface area contributed by atoms with E-state index in [1.165, 1.54) is 22.3 Å². The van der Waals surface area contributed by atoms with Gasteiger partial charge in [-0.2, -0.15) is 0 Å². The highest BCUT2D eigenvalue weighted by Crippen LogP contribution is 2.30. The average molecular weight is 372 g/mol. The van der Waals surface area contributed by atoms with Crippen molar-refractivity contribution in [2.75, 3.05) is 0 Å². The Bertz CT molecular complexity index is 849. The van der Waals surface area contributed by atoms with Crippen LogP contribution in [-0.4, -0.2) is 4.98 Å². The van der Waals surface area contributed by atoms with E-state index in [4.69, 9.17) is 0 Å². The molecule has 0 aliphatic rings. The maximum absolute atomic E-state index is 4.15. The average Bonchev–Trinajstić information content (AvgIpc) is 2.75. The number of benzene rings is 1. The second-order valence-electron chi connectivity index (χ2n) is 5.96. The number of rotatable bonds is 7. The minimum absolute atomic E-state index is 0.999. The Kier molecular flexibility index (Phi) is 11.0. The lowest BCUT2D eigenvalue weighted by Crippen LogP contribution is -1.90. The van der Waals surface area contributed by atoms with Crippen LogP contribution in [0.25, 0.3) is 22.3 Å². The number of nitrogens with zero attached hydrogens (tertiary/aromatic N) is 1. The topological polar surface area (TPSA) is 12.9 Å². The summed E-state index contributed by atoms with van der Waals surface area (Å²) in [7, 11) is 0. The number of aromatic nitrogens is 1. The molecule has 1 aromatic carbocycles. The Morgan fingerprint density at radius 1 is 0.893 bits per heavy atom. The van der Waals surface area contributed by atoms with Crippen LogP contribution in [0.3, 0.4) is 0 Å². The normalized spacial score (nSPS) is 12.2. The minimum Gasteiger partial charge on any atom is -0.265 e. The van der Waals surface area contributed by atoms with Gasteiger partial charge in [0.05, 0.1) is 0 Å². The Hall–Kier alpha value is -2.93. The monoisotopic (exact) mass is 371 g/mol. The van der Waals surface area contributed by atoms with E-state index in [0.29, 0.717) is 0 Å². The highest BCUT2D eigenvalue weighted by Gasteiger charge is 2.08. The molecule has 0 fully saturated rings. The van der Waals surface area contributed by atoms with Gasteiger partial charge in [-0.15, -0.1) is 0 Å². The molecule has 0 saturated heterocycles. The van der Waals surface area contributed by atoms with Gasteiger partial charge in [0, 0.05) is 12.4 Å². The van der Waals surface area contributed by atoms with Gasteiger partial charge in [0.1, 0.15) is 0 Å². The summed E-state index contributed by atoms with van der Waals surface area (Å²) >= 11 is 0. The standard InChI is InChI=1S/C25H27N.C2H6/c1-5-9-20(10-6-2)23-17-24(21(11-7-3)12-8-4)19-25(18-23)22-13-15-26-16-14-22;1-2/h5-7,9-19H,1,8H2,2-4H3;1-2H3/b10-6-,11-7-,20-9+,21-12+;. The van der Waals surface area contributed by atoms with Gasteiger partial charge in [0.2, 0.25) is 0 Å². The number of pyridine rings is 1. The van der Waals surface area contributed by atoms with E-state index in [0.717, 1.165) is 17.6 Å². The van der Waals surface area contributed by atoms with Crippen molar-refractivity contribution in [3.05, 3.63) is 103 Å². The summed E-state index contributed by atoms with van der Waals surface area (Å²) in [6.07, 6.45) is 19.3. The first-order valence-electron chi connectivity index (χ1n) is 10.1. The van der Waals surface area contributed by atoms with E-state index < -0.39 is 0 Å². The predicted octanol–water partition coefficient (Wildman–Crippen LogP) is 8.29. The third kappa shape index (κ3) is 6.66. The van der Waals surface area contributed by atoms with Crippen LogP contribution in [0.15, 0.2) is 91.8 Å². The molecule has 0 aliphatic carbocycles. The molecule has 0 spiro atoms. The van der Waals surface area contributed by atoms with E-state index in [1.54, 1.807) is 0 Å². The summed E-state index contributed by atoms with van der Waals surface area (Å²) in [5, 5.41) is 0. The van der Waals surface area contributed by atoms with Crippen molar-refractivity contribution in [3.63, 3.8) is 0 Å². The summed E-state index contributed by atoms with van der Waals surface area (Å²) in [6.45, 7) is 14.1. The Labute approximate surface area is 171 Å². The zero-order valence-electron chi connectivity index (χ0n) is 17.9. The lowest BCUT2D eigenvalue weighted by Gasteiger charge is -2.12. The van der Waals surface area contributed by atoms with Crippen molar-refractivity contribution in [1.82, 2.24) is 4.98 Å². The van der Waals surface area contributed by atoms with Crippen molar-refractivity contribution in [2.45, 2.75) is 41.0 Å². The summed E-state index contributed by atoms with van der Waals surface area (Å²) in [4.78, 5) is 4.15. The Morgan fingerprint density at radius 3 is 2.00 bits per heavy atom. The van der Waals surface area contributed by atoms with Gasteiger partial charge in [0.25, 0.3) is 0 Å². The van der Waals surface area contributed by atoms with Gasteiger partial charge >= 0.3 is 0 Å². The molecule has 0 atom stereocenters. The molecule has 1 nitrogen and oxygen atoms in total. The maximum Gasteiger partial charge on any atom is 0.0273 e. The SMILES string of the molecule is C=C/C=C(\C=C/C)c1cc(C(/C=C\C)=C/CC)cc(-c2ccncc2)c1.CC. The molecule has 0 N–H and O–H groups in total. The smallest absolute Gasteiger partial charge is 0.0273 e. The van der Waals surface area contributed by atoms with Crippen LogP contribution < -0.4 is 0 Å². The number of hydrogen-bond donors (Lipinski definition) is 0. The first kappa shape index (κ1) is 23.1. The van der Waals surface area contributed by atoms with Crippen molar-refractivity contribution < 1.29 is 0 Å². The fraction of sp³-hybridized carbons (Fsp3) is 0.222. The molecule has 0 unspecified atom stereocenters. The third-order valence-corrected chi connectivity index (χ3v) is 4.03. The van der Waals surface area contributed by atoms with Crippen LogP contribution >= 0.6 is 0 Å². The van der Waals surface area contributed by atoms with Crippen LogP contribution in [0.2, 0.25) is 0 Å². The Morgan fingerprint density at radius 2 is 1.46 bits per heavy atom. The molecule has 2 aromatic rings. The summed E-state index contributed by atoms with van der Waals surface area (Å²) in [5.74, 6) is 0. The molecular formula is C27H33N. The second kappa shape index (κ2) is 13.3. The molecular weight excluding hydrogens is 338 g/mol. The fourth-order valence-electron chi connectivity index (χ4n) is 2.91. The molecule has 0 radical (unpaired) electrons. The molecule has 2 rings (SSSR count). The van der Waals surface area contributed by atoms with Crippen LogP contribution in [0.4, 0.5) is 0 Å². The summed E-state index contributed by atoms with van der Waals surface area (Å²) < 4.78 is 0. The van der Waals surface area contributed by atoms with E-state index in [9.17, 15) is 0 Å².